The molecule has 0 bridgehead atoms. The number of nitrogens with zero attached hydrogens (tertiary/aromatic N) is 1. The average Bonchev–Trinajstić information content (AvgIpc) is 3.58. The molecule has 3 atom stereocenters. The molecule has 170 valence electrons. The van der Waals surface area contributed by atoms with E-state index >= 15 is 0 Å². The van der Waals surface area contributed by atoms with Crippen LogP contribution in [0.2, 0.25) is 5.02 Å². The van der Waals surface area contributed by atoms with Crippen LogP contribution in [-0.4, -0.2) is 48.1 Å². The van der Waals surface area contributed by atoms with Crippen LogP contribution in [0.15, 0.2) is 24.3 Å². The summed E-state index contributed by atoms with van der Waals surface area (Å²) in [4.78, 5) is 27.0. The monoisotopic (exact) mass is 468 g/mol. The highest BCUT2D eigenvalue weighted by molar-refractivity contribution is 7.90. The van der Waals surface area contributed by atoms with E-state index in [1.807, 2.05) is 12.1 Å². The lowest BCUT2D eigenvalue weighted by Gasteiger charge is -2.48. The molecule has 0 aromatic heterocycles. The number of piperidine rings is 1. The molecule has 1 heterocycles. The molecule has 31 heavy (non-hydrogen) atoms. The summed E-state index contributed by atoms with van der Waals surface area (Å²) in [6.07, 6.45) is 4.07. The van der Waals surface area contributed by atoms with Crippen molar-refractivity contribution >= 4 is 33.5 Å². The van der Waals surface area contributed by atoms with Gasteiger partial charge in [0, 0.05) is 17.6 Å². The average molecular weight is 469 g/mol. The molecule has 2 unspecified atom stereocenters. The maximum absolute atomic E-state index is 13.7. The van der Waals surface area contributed by atoms with Gasteiger partial charge in [0.1, 0.15) is 0 Å². The van der Waals surface area contributed by atoms with Crippen molar-refractivity contribution in [2.45, 2.75) is 69.2 Å². The summed E-state index contributed by atoms with van der Waals surface area (Å²) in [6, 6.07) is 6.83. The van der Waals surface area contributed by atoms with Gasteiger partial charge in [-0.15, -0.1) is 0 Å². The van der Waals surface area contributed by atoms with Gasteiger partial charge in [0.15, 0.2) is 0 Å². The Bertz CT molecular complexity index is 959. The summed E-state index contributed by atoms with van der Waals surface area (Å²) < 4.78 is 27.7. The number of carbonyl (C=O) groups excluding carboxylic acids is 1. The van der Waals surface area contributed by atoms with Crippen LogP contribution in [0.1, 0.15) is 63.5 Å². The van der Waals surface area contributed by atoms with Crippen LogP contribution in [-0.2, 0) is 19.6 Å². The van der Waals surface area contributed by atoms with Gasteiger partial charge in [-0.1, -0.05) is 30.7 Å². The first kappa shape index (κ1) is 22.6. The first-order valence-electron chi connectivity index (χ1n) is 10.9. The van der Waals surface area contributed by atoms with Crippen molar-refractivity contribution < 1.29 is 23.1 Å². The van der Waals surface area contributed by atoms with Crippen molar-refractivity contribution in [2.24, 2.45) is 11.3 Å². The zero-order chi connectivity index (χ0) is 22.4. The Hall–Kier alpha value is -1.64. The molecule has 1 saturated heterocycles. The van der Waals surface area contributed by atoms with Crippen LogP contribution >= 0.6 is 11.6 Å². The third kappa shape index (κ3) is 4.91. The minimum absolute atomic E-state index is 0.169. The fraction of sp³-hybridized carbons (Fsp3) is 0.636. The number of amides is 1. The van der Waals surface area contributed by atoms with E-state index in [2.05, 4.69) is 4.72 Å². The fourth-order valence-corrected chi connectivity index (χ4v) is 6.24. The first-order chi connectivity index (χ1) is 14.6. The maximum Gasteiger partial charge on any atom is 0.304 e. The fourth-order valence-electron chi connectivity index (χ4n) is 4.72. The van der Waals surface area contributed by atoms with Crippen LogP contribution in [0.3, 0.4) is 0 Å². The summed E-state index contributed by atoms with van der Waals surface area (Å²) in [7, 11) is -3.38. The number of hydrogen-bond acceptors (Lipinski definition) is 4. The Balaban J connectivity index is 1.66. The smallest absolute Gasteiger partial charge is 0.304 e. The highest BCUT2D eigenvalue weighted by Gasteiger charge is 2.51. The number of hydrogen-bond donors (Lipinski definition) is 2. The Morgan fingerprint density at radius 2 is 1.87 bits per heavy atom. The van der Waals surface area contributed by atoms with Gasteiger partial charge in [0.2, 0.25) is 15.9 Å². The van der Waals surface area contributed by atoms with Crippen LogP contribution < -0.4 is 4.72 Å². The number of carbonyl (C=O) groups is 2. The number of aliphatic carboxylic acids is 1. The van der Waals surface area contributed by atoms with E-state index in [4.69, 9.17) is 11.6 Å². The molecule has 1 aliphatic heterocycles. The molecule has 7 nitrogen and oxygen atoms in total. The second kappa shape index (κ2) is 8.37. The van der Waals surface area contributed by atoms with E-state index in [-0.39, 0.29) is 42.1 Å². The zero-order valence-corrected chi connectivity index (χ0v) is 19.2. The van der Waals surface area contributed by atoms with Gasteiger partial charge in [-0.05, 0) is 62.1 Å². The quantitative estimate of drug-likeness (QED) is 0.578. The summed E-state index contributed by atoms with van der Waals surface area (Å²) in [5, 5.41) is 9.69. The lowest BCUT2D eigenvalue weighted by molar-refractivity contribution is -0.159. The van der Waals surface area contributed by atoms with Gasteiger partial charge >= 0.3 is 5.97 Å². The Kier molecular flexibility index (Phi) is 6.09. The number of benzene rings is 1. The van der Waals surface area contributed by atoms with E-state index in [1.54, 1.807) is 24.0 Å². The van der Waals surface area contributed by atoms with Gasteiger partial charge in [0.05, 0.1) is 23.1 Å². The van der Waals surface area contributed by atoms with Crippen molar-refractivity contribution in [1.82, 2.24) is 9.62 Å². The van der Waals surface area contributed by atoms with Gasteiger partial charge in [-0.2, -0.15) is 0 Å². The largest absolute Gasteiger partial charge is 0.481 e. The molecule has 4 rings (SSSR count). The molecule has 3 aliphatic rings. The highest BCUT2D eigenvalue weighted by atomic mass is 35.5. The molecule has 0 spiro atoms. The normalized spacial score (nSPS) is 27.9. The molecule has 2 aliphatic carbocycles. The van der Waals surface area contributed by atoms with E-state index in [9.17, 15) is 23.1 Å². The van der Waals surface area contributed by atoms with E-state index < -0.39 is 21.4 Å². The number of nitrogens with one attached hydrogen (secondary N) is 1. The third-order valence-corrected chi connectivity index (χ3v) is 9.00. The minimum Gasteiger partial charge on any atom is -0.481 e. The highest BCUT2D eigenvalue weighted by Crippen LogP contribution is 2.47. The van der Waals surface area contributed by atoms with Crippen molar-refractivity contribution in [3.63, 3.8) is 0 Å². The van der Waals surface area contributed by atoms with Crippen LogP contribution in [0.25, 0.3) is 0 Å². The first-order valence-corrected chi connectivity index (χ1v) is 12.8. The predicted molar refractivity (Wildman–Crippen MR) is 117 cm³/mol. The standard InChI is InChI=1S/C22H29ClN2O5S/c1-22(12-20(26)27)11-10-18(14-4-6-16(23)7-5-14)25(21(22)28)19(15-2-3-15)13-24-31(29,30)17-8-9-17/h4-7,15,17-19,24H,2-3,8-13H2,1H3,(H,26,27)/t18-,19?,22?/m0/s1. The number of carboxylic acid groups (broad SMARTS) is 1. The Morgan fingerprint density at radius 1 is 1.23 bits per heavy atom. The van der Waals surface area contributed by atoms with Crippen LogP contribution in [0.4, 0.5) is 0 Å². The molecule has 2 N–H and O–H groups in total. The van der Waals surface area contributed by atoms with E-state index in [1.165, 1.54) is 0 Å². The molecule has 1 aromatic carbocycles. The van der Waals surface area contributed by atoms with Crippen molar-refractivity contribution in [3.8, 4) is 0 Å². The molecule has 2 saturated carbocycles. The van der Waals surface area contributed by atoms with Crippen molar-refractivity contribution in [3.05, 3.63) is 34.9 Å². The second-order valence-corrected chi connectivity index (χ2v) is 11.9. The lowest BCUT2D eigenvalue weighted by atomic mass is 9.74. The van der Waals surface area contributed by atoms with Crippen molar-refractivity contribution in [1.29, 1.82) is 0 Å². The summed E-state index contributed by atoms with van der Waals surface area (Å²) in [6.45, 7) is 1.88. The molecule has 9 heteroatoms. The topological polar surface area (TPSA) is 104 Å². The number of carboxylic acids is 1. The Labute approximate surface area is 188 Å². The third-order valence-electron chi connectivity index (χ3n) is 6.83. The Morgan fingerprint density at radius 3 is 2.42 bits per heavy atom. The molecule has 0 radical (unpaired) electrons. The van der Waals surface area contributed by atoms with E-state index in [0.717, 1.165) is 18.4 Å². The van der Waals surface area contributed by atoms with Gasteiger partial charge < -0.3 is 10.0 Å². The minimum atomic E-state index is -3.38. The molecule has 1 aromatic rings. The number of sulfonamides is 1. The summed E-state index contributed by atoms with van der Waals surface area (Å²) in [5.41, 5.74) is -0.0668. The van der Waals surface area contributed by atoms with Crippen molar-refractivity contribution in [2.75, 3.05) is 6.54 Å². The van der Waals surface area contributed by atoms with Gasteiger partial charge in [-0.25, -0.2) is 13.1 Å². The number of likely N-dealkylation sites (tertiary alicyclic amines) is 1. The molecular weight excluding hydrogens is 440 g/mol. The summed E-state index contributed by atoms with van der Waals surface area (Å²) >= 11 is 6.05. The summed E-state index contributed by atoms with van der Waals surface area (Å²) in [5.74, 6) is -0.991. The molecular formula is C22H29ClN2O5S. The predicted octanol–water partition coefficient (Wildman–Crippen LogP) is 3.34. The van der Waals surface area contributed by atoms with E-state index in [0.29, 0.717) is 30.7 Å². The molecule has 3 fully saturated rings. The molecule has 1 amide bonds. The number of halogens is 1. The van der Waals surface area contributed by atoms with Crippen LogP contribution in [0.5, 0.6) is 0 Å². The van der Waals surface area contributed by atoms with Gasteiger partial charge in [-0.3, -0.25) is 9.59 Å². The number of rotatable bonds is 9. The van der Waals surface area contributed by atoms with Gasteiger partial charge in [0.25, 0.3) is 0 Å². The van der Waals surface area contributed by atoms with Crippen LogP contribution in [0, 0.1) is 11.3 Å². The zero-order valence-electron chi connectivity index (χ0n) is 17.6. The second-order valence-electron chi connectivity index (χ2n) is 9.45. The maximum atomic E-state index is 13.7. The lowest BCUT2D eigenvalue weighted by Crippen LogP contribution is -2.57. The SMILES string of the molecule is CC1(CC(=O)O)CC[C@@H](c2ccc(Cl)cc2)N(C(CNS(=O)(=O)C2CC2)C2CC2)C1=O.